The van der Waals surface area contributed by atoms with Crippen molar-refractivity contribution in [1.29, 1.82) is 0 Å². The number of rotatable bonds is 2. The summed E-state index contributed by atoms with van der Waals surface area (Å²) in [6.45, 7) is 0. The van der Waals surface area contributed by atoms with E-state index < -0.39 is 66.1 Å². The molecule has 0 aliphatic carbocycles. The molecule has 3 nitrogen and oxygen atoms in total. The van der Waals surface area contributed by atoms with E-state index in [1.54, 1.807) is 0 Å². The molecule has 29 heavy (non-hydrogen) atoms. The molecule has 0 saturated heterocycles. The minimum absolute atomic E-state index is 0.364. The van der Waals surface area contributed by atoms with Gasteiger partial charge in [0.15, 0.2) is 23.3 Å². The Labute approximate surface area is 163 Å². The highest BCUT2D eigenvalue weighted by Gasteiger charge is 2.74. The van der Waals surface area contributed by atoms with Gasteiger partial charge >= 0.3 is 33.6 Å². The lowest BCUT2D eigenvalue weighted by atomic mass is 10.0. The summed E-state index contributed by atoms with van der Waals surface area (Å²) in [4.78, 5) is 0. The number of hydrogen-bond donors (Lipinski definition) is 1. The maximum atomic E-state index is 13.3. The highest BCUT2D eigenvalue weighted by Crippen LogP contribution is 2.53. The summed E-state index contributed by atoms with van der Waals surface area (Å²) in [5.74, 6) is -24.3. The van der Waals surface area contributed by atoms with Crippen LogP contribution in [0.2, 0.25) is 0 Å². The molecular formula is C10HF14IO3S. The molecule has 0 unspecified atom stereocenters. The van der Waals surface area contributed by atoms with Crippen LogP contribution in [0.3, 0.4) is 0 Å². The van der Waals surface area contributed by atoms with Gasteiger partial charge in [0.05, 0.1) is 9.13 Å². The van der Waals surface area contributed by atoms with E-state index >= 15 is 0 Å². The van der Waals surface area contributed by atoms with Crippen molar-refractivity contribution in [3.05, 3.63) is 32.4 Å². The molecule has 0 aromatic heterocycles. The minimum Gasteiger partial charge on any atom is -0.279 e. The van der Waals surface area contributed by atoms with E-state index in [1.165, 1.54) is 0 Å². The fourth-order valence-corrected chi connectivity index (χ4v) is 2.03. The summed E-state index contributed by atoms with van der Waals surface area (Å²) in [5, 5.41) is 0. The van der Waals surface area contributed by atoms with Crippen LogP contribution in [0.25, 0.3) is 0 Å². The molecule has 1 aromatic carbocycles. The molecule has 1 rings (SSSR count). The van der Waals surface area contributed by atoms with Crippen LogP contribution in [0.5, 0.6) is 0 Å². The quantitative estimate of drug-likeness (QED) is 0.123. The Morgan fingerprint density at radius 3 is 1.28 bits per heavy atom. The molecule has 0 fully saturated rings. The smallest absolute Gasteiger partial charge is 0.279 e. The maximum absolute atomic E-state index is 13.3. The molecule has 0 aliphatic rings. The fourth-order valence-electron chi connectivity index (χ4n) is 1.22. The zero-order valence-corrected chi connectivity index (χ0v) is 15.3. The van der Waals surface area contributed by atoms with Crippen LogP contribution in [-0.2, 0) is 16.0 Å². The highest BCUT2D eigenvalue weighted by molar-refractivity contribution is 14.1. The zero-order valence-electron chi connectivity index (χ0n) is 12.3. The number of alkyl halides is 10. The molecular weight excluding hydrogens is 593 g/mol. The van der Waals surface area contributed by atoms with Gasteiger partial charge in [-0.1, -0.05) is 0 Å². The molecule has 1 N–H and O–H groups in total. The van der Waals surface area contributed by atoms with Gasteiger partial charge in [-0.3, -0.25) is 4.55 Å². The maximum Gasteiger partial charge on any atom is 0.522 e. The molecule has 1 aromatic rings. The van der Waals surface area contributed by atoms with Crippen LogP contribution < -0.4 is 0 Å². The summed E-state index contributed by atoms with van der Waals surface area (Å²) in [6, 6.07) is 0. The Balaban J connectivity index is 0.000000828. The van der Waals surface area contributed by atoms with Crippen molar-refractivity contribution in [2.75, 3.05) is 0 Å². The third kappa shape index (κ3) is 5.33. The molecule has 0 amide bonds. The predicted octanol–water partition coefficient (Wildman–Crippen LogP) is 5.53. The lowest BCUT2D eigenvalue weighted by Gasteiger charge is -2.29. The van der Waals surface area contributed by atoms with Gasteiger partial charge in [0.25, 0.3) is 0 Å². The molecule has 170 valence electrons. The van der Waals surface area contributed by atoms with Crippen molar-refractivity contribution in [2.45, 2.75) is 23.5 Å². The molecule has 0 saturated carbocycles. The van der Waals surface area contributed by atoms with Gasteiger partial charge in [0.2, 0.25) is 0 Å². The third-order valence-corrected chi connectivity index (χ3v) is 4.16. The summed E-state index contributed by atoms with van der Waals surface area (Å²) < 4.78 is 195. The second kappa shape index (κ2) is 8.19. The molecule has 0 aliphatic heterocycles. The predicted molar refractivity (Wildman–Crippen MR) is 71.5 cm³/mol. The first-order chi connectivity index (χ1) is 12.4. The Kier molecular flexibility index (Phi) is 7.88. The Hall–Kier alpha value is -1.12. The van der Waals surface area contributed by atoms with Gasteiger partial charge in [-0.05, 0) is 22.6 Å². The Bertz CT molecular complexity index is 844. The summed E-state index contributed by atoms with van der Waals surface area (Å²) >= 11 is 0.364. The summed E-state index contributed by atoms with van der Waals surface area (Å²) in [7, 11) is -5.84. The van der Waals surface area contributed by atoms with Gasteiger partial charge < -0.3 is 0 Å². The van der Waals surface area contributed by atoms with Crippen molar-refractivity contribution in [1.82, 2.24) is 0 Å². The lowest BCUT2D eigenvalue weighted by molar-refractivity contribution is -0.360. The third-order valence-electron chi connectivity index (χ3n) is 2.57. The van der Waals surface area contributed by atoms with E-state index in [1.807, 2.05) is 0 Å². The van der Waals surface area contributed by atoms with E-state index in [0.29, 0.717) is 22.6 Å². The van der Waals surface area contributed by atoms with E-state index in [-0.39, 0.29) is 0 Å². The van der Waals surface area contributed by atoms with Gasteiger partial charge in [0.1, 0.15) is 0 Å². The molecule has 0 spiro atoms. The first-order valence-corrected chi connectivity index (χ1v) is 8.32. The lowest BCUT2D eigenvalue weighted by Crippen LogP contribution is -2.51. The van der Waals surface area contributed by atoms with E-state index in [9.17, 15) is 61.5 Å². The number of benzene rings is 1. The van der Waals surface area contributed by atoms with Crippen LogP contribution in [0, 0.1) is 26.8 Å². The van der Waals surface area contributed by atoms with Crippen molar-refractivity contribution >= 4 is 32.7 Å². The second-order valence-electron chi connectivity index (χ2n) is 4.51. The monoisotopic (exact) mass is 594 g/mol. The van der Waals surface area contributed by atoms with Crippen LogP contribution in [0.4, 0.5) is 61.5 Å². The summed E-state index contributed by atoms with van der Waals surface area (Å²) in [5.41, 5.74) is -8.45. The molecule has 0 heterocycles. The van der Waals surface area contributed by atoms with Gasteiger partial charge in [0, 0.05) is 0 Å². The van der Waals surface area contributed by atoms with E-state index in [0.717, 1.165) is 0 Å². The van der Waals surface area contributed by atoms with Crippen molar-refractivity contribution < 1.29 is 74.4 Å². The SMILES string of the molecule is Fc1c(F)c(F)c(C(F)(F)C(F)(F)C(F)(F)F)c(I)c1F.O=S(=O)(O)C(F)(F)F. The van der Waals surface area contributed by atoms with Crippen molar-refractivity contribution in [2.24, 2.45) is 0 Å². The molecule has 0 atom stereocenters. The van der Waals surface area contributed by atoms with E-state index in [2.05, 4.69) is 0 Å². The Morgan fingerprint density at radius 1 is 0.690 bits per heavy atom. The summed E-state index contributed by atoms with van der Waals surface area (Å²) in [6.07, 6.45) is -6.84. The van der Waals surface area contributed by atoms with E-state index in [4.69, 9.17) is 13.0 Å². The Morgan fingerprint density at radius 2 is 1.00 bits per heavy atom. The van der Waals surface area contributed by atoms with Crippen molar-refractivity contribution in [3.8, 4) is 0 Å². The average Bonchev–Trinajstić information content (AvgIpc) is 2.48. The van der Waals surface area contributed by atoms with Gasteiger partial charge in [-0.15, -0.1) is 0 Å². The minimum atomic E-state index is -6.84. The van der Waals surface area contributed by atoms with Crippen LogP contribution in [0.15, 0.2) is 0 Å². The largest absolute Gasteiger partial charge is 0.522 e. The van der Waals surface area contributed by atoms with Gasteiger partial charge in [-0.2, -0.15) is 52.3 Å². The first kappa shape index (κ1) is 27.9. The van der Waals surface area contributed by atoms with Crippen LogP contribution >= 0.6 is 22.6 Å². The van der Waals surface area contributed by atoms with Gasteiger partial charge in [-0.25, -0.2) is 17.6 Å². The number of hydrogen-bond acceptors (Lipinski definition) is 2. The molecule has 19 heteroatoms. The molecule has 0 bridgehead atoms. The highest BCUT2D eigenvalue weighted by atomic mass is 127. The average molecular weight is 594 g/mol. The zero-order chi connectivity index (χ0) is 24.0. The fraction of sp³-hybridized carbons (Fsp3) is 0.400. The topological polar surface area (TPSA) is 54.4 Å². The number of halogens is 15. The second-order valence-corrected chi connectivity index (χ2v) is 7.00. The van der Waals surface area contributed by atoms with Crippen molar-refractivity contribution in [3.63, 3.8) is 0 Å². The standard InChI is InChI=1S/C9F11I.CHF3O3S/c10-2-1(6(21)5(13)4(12)3(2)11)7(14,15)8(16,17)9(18,19)20;2-1(3,4)8(5,6)7/h;(H,5,6,7). The van der Waals surface area contributed by atoms with Crippen LogP contribution in [-0.4, -0.2) is 30.6 Å². The van der Waals surface area contributed by atoms with Crippen LogP contribution in [0.1, 0.15) is 5.56 Å². The normalized spacial score (nSPS) is 13.8. The molecule has 0 radical (unpaired) electrons. The first-order valence-electron chi connectivity index (χ1n) is 5.80.